The van der Waals surface area contributed by atoms with Crippen LogP contribution in [0.3, 0.4) is 0 Å². The van der Waals surface area contributed by atoms with Crippen molar-refractivity contribution in [3.8, 4) is 0 Å². The van der Waals surface area contributed by atoms with Crippen LogP contribution >= 0.6 is 11.8 Å². The molecular formula is C5H10OS. The van der Waals surface area contributed by atoms with Gasteiger partial charge in [0.1, 0.15) is 0 Å². The summed E-state index contributed by atoms with van der Waals surface area (Å²) in [6, 6.07) is 0. The molecule has 1 unspecified atom stereocenters. The van der Waals surface area contributed by atoms with Gasteiger partial charge in [-0.1, -0.05) is 6.92 Å². The largest absolute Gasteiger partial charge is 0.371 e. The molecule has 0 spiro atoms. The molecule has 7 heavy (non-hydrogen) atoms. The highest BCUT2D eigenvalue weighted by atomic mass is 32.2. The van der Waals surface area contributed by atoms with Crippen molar-refractivity contribution in [1.82, 2.24) is 0 Å². The lowest BCUT2D eigenvalue weighted by atomic mass is 10.2. The molecule has 1 rings (SSSR count). The molecule has 0 aliphatic carbocycles. The Morgan fingerprint density at radius 3 is 2.86 bits per heavy atom. The van der Waals surface area contributed by atoms with Gasteiger partial charge in [0.25, 0.3) is 0 Å². The highest BCUT2D eigenvalue weighted by Gasteiger charge is 2.06. The molecule has 0 N–H and O–H groups in total. The maximum atomic E-state index is 5.14. The van der Waals surface area contributed by atoms with E-state index in [0.29, 0.717) is 0 Å². The standard InChI is InChI=1S/C5H10OS/c1-5-2-6-4-7-3-5/h5H,2-4H2,1H3. The van der Waals surface area contributed by atoms with Crippen molar-refractivity contribution in [2.75, 3.05) is 18.3 Å². The fourth-order valence-electron chi connectivity index (χ4n) is 0.606. The smallest absolute Gasteiger partial charge is 0.0921 e. The second kappa shape index (κ2) is 2.58. The van der Waals surface area contributed by atoms with E-state index >= 15 is 0 Å². The zero-order valence-electron chi connectivity index (χ0n) is 4.52. The first-order chi connectivity index (χ1) is 3.39. The van der Waals surface area contributed by atoms with E-state index in [1.54, 1.807) is 0 Å². The highest BCUT2D eigenvalue weighted by molar-refractivity contribution is 7.99. The van der Waals surface area contributed by atoms with E-state index in [1.165, 1.54) is 5.75 Å². The predicted octanol–water partition coefficient (Wildman–Crippen LogP) is 1.34. The highest BCUT2D eigenvalue weighted by Crippen LogP contribution is 2.14. The van der Waals surface area contributed by atoms with Gasteiger partial charge in [-0.05, 0) is 5.92 Å². The van der Waals surface area contributed by atoms with Crippen LogP contribution in [0.2, 0.25) is 0 Å². The SMILES string of the molecule is CC1COCSC1. The van der Waals surface area contributed by atoms with Crippen molar-refractivity contribution in [3.63, 3.8) is 0 Å². The molecule has 1 heterocycles. The molecule has 0 radical (unpaired) electrons. The third kappa shape index (κ3) is 1.70. The monoisotopic (exact) mass is 118 g/mol. The number of ether oxygens (including phenoxy) is 1. The van der Waals surface area contributed by atoms with Crippen LogP contribution in [-0.2, 0) is 4.74 Å². The Bertz CT molecular complexity index is 50.0. The molecule has 0 amide bonds. The first kappa shape index (κ1) is 5.45. The minimum atomic E-state index is 0.777. The lowest BCUT2D eigenvalue weighted by Gasteiger charge is -2.16. The molecule has 2 heteroatoms. The van der Waals surface area contributed by atoms with Crippen LogP contribution in [0, 0.1) is 5.92 Å². The molecule has 1 fully saturated rings. The topological polar surface area (TPSA) is 9.23 Å². The van der Waals surface area contributed by atoms with E-state index in [-0.39, 0.29) is 0 Å². The Morgan fingerprint density at radius 2 is 2.57 bits per heavy atom. The molecule has 1 aliphatic rings. The molecule has 0 saturated carbocycles. The molecule has 1 nitrogen and oxygen atoms in total. The molecule has 0 bridgehead atoms. The van der Waals surface area contributed by atoms with Gasteiger partial charge in [0.15, 0.2) is 0 Å². The number of thioether (sulfide) groups is 1. The Morgan fingerprint density at radius 1 is 1.71 bits per heavy atom. The van der Waals surface area contributed by atoms with Crippen LogP contribution in [0.5, 0.6) is 0 Å². The lowest BCUT2D eigenvalue weighted by Crippen LogP contribution is -2.14. The van der Waals surface area contributed by atoms with Crippen molar-refractivity contribution in [2.45, 2.75) is 6.92 Å². The van der Waals surface area contributed by atoms with E-state index in [2.05, 4.69) is 6.92 Å². The van der Waals surface area contributed by atoms with Crippen LogP contribution in [0.4, 0.5) is 0 Å². The predicted molar refractivity (Wildman–Crippen MR) is 32.4 cm³/mol. The third-order valence-corrected chi connectivity index (χ3v) is 2.11. The second-order valence-electron chi connectivity index (χ2n) is 1.96. The summed E-state index contributed by atoms with van der Waals surface area (Å²) in [4.78, 5) is 0. The van der Waals surface area contributed by atoms with Crippen LogP contribution in [0.15, 0.2) is 0 Å². The molecule has 1 atom stereocenters. The molecule has 1 aliphatic heterocycles. The summed E-state index contributed by atoms with van der Waals surface area (Å²) in [5, 5.41) is 0. The van der Waals surface area contributed by atoms with E-state index < -0.39 is 0 Å². The van der Waals surface area contributed by atoms with Crippen LogP contribution in [-0.4, -0.2) is 18.3 Å². The fraction of sp³-hybridized carbons (Fsp3) is 1.00. The Labute approximate surface area is 48.4 Å². The van der Waals surface area contributed by atoms with Crippen molar-refractivity contribution in [3.05, 3.63) is 0 Å². The third-order valence-electron chi connectivity index (χ3n) is 0.971. The van der Waals surface area contributed by atoms with Gasteiger partial charge in [-0.15, -0.1) is 11.8 Å². The van der Waals surface area contributed by atoms with Crippen molar-refractivity contribution in [1.29, 1.82) is 0 Å². The van der Waals surface area contributed by atoms with E-state index in [9.17, 15) is 0 Å². The average molecular weight is 118 g/mol. The van der Waals surface area contributed by atoms with Gasteiger partial charge in [0, 0.05) is 5.75 Å². The summed E-state index contributed by atoms with van der Waals surface area (Å²) in [5.74, 6) is 2.96. The fourth-order valence-corrected chi connectivity index (χ4v) is 1.41. The summed E-state index contributed by atoms with van der Waals surface area (Å²) in [6.07, 6.45) is 0. The van der Waals surface area contributed by atoms with E-state index in [0.717, 1.165) is 18.5 Å². The van der Waals surface area contributed by atoms with Gasteiger partial charge in [-0.2, -0.15) is 0 Å². The van der Waals surface area contributed by atoms with E-state index in [4.69, 9.17) is 4.74 Å². The summed E-state index contributed by atoms with van der Waals surface area (Å²) in [6.45, 7) is 3.18. The van der Waals surface area contributed by atoms with Gasteiger partial charge < -0.3 is 4.74 Å². The van der Waals surface area contributed by atoms with Gasteiger partial charge >= 0.3 is 0 Å². The van der Waals surface area contributed by atoms with Crippen molar-refractivity contribution >= 4 is 11.8 Å². The zero-order chi connectivity index (χ0) is 5.11. The van der Waals surface area contributed by atoms with Gasteiger partial charge in [-0.25, -0.2) is 0 Å². The number of rotatable bonds is 0. The van der Waals surface area contributed by atoms with Gasteiger partial charge in [-0.3, -0.25) is 0 Å². The van der Waals surface area contributed by atoms with Crippen LogP contribution in [0.25, 0.3) is 0 Å². The van der Waals surface area contributed by atoms with Crippen LogP contribution in [0.1, 0.15) is 6.92 Å². The molecule has 0 aromatic heterocycles. The Hall–Kier alpha value is 0.310. The summed E-state index contributed by atoms with van der Waals surface area (Å²) in [7, 11) is 0. The van der Waals surface area contributed by atoms with Crippen molar-refractivity contribution in [2.24, 2.45) is 5.92 Å². The van der Waals surface area contributed by atoms with Crippen molar-refractivity contribution < 1.29 is 4.74 Å². The molecular weight excluding hydrogens is 108 g/mol. The normalized spacial score (nSPS) is 33.0. The van der Waals surface area contributed by atoms with Crippen LogP contribution < -0.4 is 0 Å². The summed E-state index contributed by atoms with van der Waals surface area (Å²) >= 11 is 1.88. The first-order valence-corrected chi connectivity index (χ1v) is 3.70. The summed E-state index contributed by atoms with van der Waals surface area (Å²) in [5.41, 5.74) is 0. The second-order valence-corrected chi connectivity index (χ2v) is 2.94. The first-order valence-electron chi connectivity index (χ1n) is 2.55. The average Bonchev–Trinajstić information content (AvgIpc) is 1.69. The lowest BCUT2D eigenvalue weighted by molar-refractivity contribution is 0.145. The number of hydrogen-bond acceptors (Lipinski definition) is 2. The Balaban J connectivity index is 2.12. The van der Waals surface area contributed by atoms with Gasteiger partial charge in [0.05, 0.1) is 12.5 Å². The molecule has 0 aromatic carbocycles. The zero-order valence-corrected chi connectivity index (χ0v) is 5.33. The maximum Gasteiger partial charge on any atom is 0.0921 e. The minimum Gasteiger partial charge on any atom is -0.371 e. The Kier molecular flexibility index (Phi) is 2.00. The van der Waals surface area contributed by atoms with Gasteiger partial charge in [0.2, 0.25) is 0 Å². The molecule has 0 aromatic rings. The summed E-state index contributed by atoms with van der Waals surface area (Å²) < 4.78 is 5.14. The number of hydrogen-bond donors (Lipinski definition) is 0. The maximum absolute atomic E-state index is 5.14. The molecule has 1 saturated heterocycles. The quantitative estimate of drug-likeness (QED) is 0.474. The van der Waals surface area contributed by atoms with E-state index in [1.807, 2.05) is 11.8 Å². The minimum absolute atomic E-state index is 0.777. The molecule has 42 valence electrons.